The first-order chi connectivity index (χ1) is 14.5. The predicted octanol–water partition coefficient (Wildman–Crippen LogP) is 2.79. The highest BCUT2D eigenvalue weighted by molar-refractivity contribution is 7.89. The Kier molecular flexibility index (Phi) is 6.41. The standard InChI is InChI=1S/C23H31N3O3S/c1-2-11-24-12-9-20(10-13-24)23(27)25-14-16-26(17-15-25)30(28,29)22-8-7-19-5-3-4-6-21(19)18-22/h3-8,18,20H,2,9-17H2,1H3. The molecule has 30 heavy (non-hydrogen) atoms. The molecule has 4 rings (SSSR count). The third-order valence-electron chi connectivity index (χ3n) is 6.39. The highest BCUT2D eigenvalue weighted by Crippen LogP contribution is 2.24. The Morgan fingerprint density at radius 1 is 0.933 bits per heavy atom. The molecule has 2 aliphatic heterocycles. The predicted molar refractivity (Wildman–Crippen MR) is 119 cm³/mol. The Bertz CT molecular complexity index is 992. The zero-order valence-corrected chi connectivity index (χ0v) is 18.5. The van der Waals surface area contributed by atoms with Crippen LogP contribution in [0.15, 0.2) is 47.4 Å². The zero-order valence-electron chi connectivity index (χ0n) is 17.7. The molecule has 0 atom stereocenters. The minimum absolute atomic E-state index is 0.0850. The molecule has 1 amide bonds. The lowest BCUT2D eigenvalue weighted by atomic mass is 9.95. The molecular formula is C23H31N3O3S. The molecule has 0 bridgehead atoms. The quantitative estimate of drug-likeness (QED) is 0.733. The highest BCUT2D eigenvalue weighted by atomic mass is 32.2. The molecule has 2 aliphatic rings. The number of sulfonamides is 1. The molecule has 0 spiro atoms. The number of amides is 1. The Morgan fingerprint density at radius 2 is 1.60 bits per heavy atom. The van der Waals surface area contributed by atoms with E-state index >= 15 is 0 Å². The first kappa shape index (κ1) is 21.3. The number of likely N-dealkylation sites (tertiary alicyclic amines) is 1. The number of carbonyl (C=O) groups excluding carboxylic acids is 1. The summed E-state index contributed by atoms with van der Waals surface area (Å²) in [6, 6.07) is 13.0. The van der Waals surface area contributed by atoms with Crippen molar-refractivity contribution in [2.45, 2.75) is 31.1 Å². The first-order valence-electron chi connectivity index (χ1n) is 11.0. The van der Waals surface area contributed by atoms with Crippen LogP contribution in [0.3, 0.4) is 0 Å². The lowest BCUT2D eigenvalue weighted by Crippen LogP contribution is -2.52. The van der Waals surface area contributed by atoms with Crippen molar-refractivity contribution in [3.8, 4) is 0 Å². The molecule has 7 heteroatoms. The molecule has 0 aromatic heterocycles. The summed E-state index contributed by atoms with van der Waals surface area (Å²) in [5.74, 6) is 0.288. The Hall–Kier alpha value is -1.96. The van der Waals surface area contributed by atoms with Crippen LogP contribution < -0.4 is 0 Å². The number of hydrogen-bond donors (Lipinski definition) is 0. The number of carbonyl (C=O) groups is 1. The van der Waals surface area contributed by atoms with E-state index in [1.165, 1.54) is 4.31 Å². The topological polar surface area (TPSA) is 60.9 Å². The Labute approximate surface area is 179 Å². The fourth-order valence-electron chi connectivity index (χ4n) is 4.60. The van der Waals surface area contributed by atoms with Gasteiger partial charge >= 0.3 is 0 Å². The van der Waals surface area contributed by atoms with Gasteiger partial charge in [0.05, 0.1) is 4.90 Å². The van der Waals surface area contributed by atoms with Gasteiger partial charge in [-0.25, -0.2) is 8.42 Å². The number of benzene rings is 2. The third-order valence-corrected chi connectivity index (χ3v) is 8.28. The van der Waals surface area contributed by atoms with Crippen LogP contribution in [0.4, 0.5) is 0 Å². The normalized spacial score (nSPS) is 20.0. The van der Waals surface area contributed by atoms with Crippen LogP contribution in [0.2, 0.25) is 0 Å². The SMILES string of the molecule is CCCN1CCC(C(=O)N2CCN(S(=O)(=O)c3ccc4ccccc4c3)CC2)CC1. The Balaban J connectivity index is 1.37. The van der Waals surface area contributed by atoms with Gasteiger partial charge in [0.25, 0.3) is 0 Å². The molecule has 0 N–H and O–H groups in total. The highest BCUT2D eigenvalue weighted by Gasteiger charge is 2.33. The Morgan fingerprint density at radius 3 is 2.27 bits per heavy atom. The molecule has 0 radical (unpaired) electrons. The van der Waals surface area contributed by atoms with E-state index in [9.17, 15) is 13.2 Å². The van der Waals surface area contributed by atoms with Gasteiger partial charge in [-0.3, -0.25) is 4.79 Å². The van der Waals surface area contributed by atoms with E-state index in [0.29, 0.717) is 31.1 Å². The summed E-state index contributed by atoms with van der Waals surface area (Å²) in [4.78, 5) is 17.5. The summed E-state index contributed by atoms with van der Waals surface area (Å²) in [6.45, 7) is 6.92. The van der Waals surface area contributed by atoms with E-state index in [4.69, 9.17) is 0 Å². The van der Waals surface area contributed by atoms with E-state index in [-0.39, 0.29) is 11.8 Å². The van der Waals surface area contributed by atoms with Crippen LogP contribution in [0.25, 0.3) is 10.8 Å². The van der Waals surface area contributed by atoms with Crippen molar-refractivity contribution in [2.75, 3.05) is 45.8 Å². The number of rotatable bonds is 5. The lowest BCUT2D eigenvalue weighted by molar-refractivity contribution is -0.138. The van der Waals surface area contributed by atoms with E-state index in [1.54, 1.807) is 12.1 Å². The van der Waals surface area contributed by atoms with Gasteiger partial charge in [0.15, 0.2) is 0 Å². The number of hydrogen-bond acceptors (Lipinski definition) is 4. The van der Waals surface area contributed by atoms with Crippen molar-refractivity contribution in [3.05, 3.63) is 42.5 Å². The number of fused-ring (bicyclic) bond motifs is 1. The summed E-state index contributed by atoms with van der Waals surface area (Å²) >= 11 is 0. The minimum atomic E-state index is -3.55. The van der Waals surface area contributed by atoms with Gasteiger partial charge in [-0.2, -0.15) is 4.31 Å². The van der Waals surface area contributed by atoms with Crippen molar-refractivity contribution in [1.82, 2.24) is 14.1 Å². The average molecular weight is 430 g/mol. The molecule has 2 saturated heterocycles. The summed E-state index contributed by atoms with van der Waals surface area (Å²) in [7, 11) is -3.55. The van der Waals surface area contributed by atoms with Gasteiger partial charge < -0.3 is 9.80 Å². The maximum absolute atomic E-state index is 13.1. The first-order valence-corrected chi connectivity index (χ1v) is 12.4. The average Bonchev–Trinajstić information content (AvgIpc) is 2.79. The molecular weight excluding hydrogens is 398 g/mol. The summed E-state index contributed by atoms with van der Waals surface area (Å²) in [6.07, 6.45) is 2.97. The maximum Gasteiger partial charge on any atom is 0.243 e. The fourth-order valence-corrected chi connectivity index (χ4v) is 6.06. The second-order valence-electron chi connectivity index (χ2n) is 8.35. The molecule has 2 heterocycles. The van der Waals surface area contributed by atoms with Crippen LogP contribution in [-0.2, 0) is 14.8 Å². The van der Waals surface area contributed by atoms with Gasteiger partial charge in [0.2, 0.25) is 15.9 Å². The van der Waals surface area contributed by atoms with Crippen molar-refractivity contribution < 1.29 is 13.2 Å². The molecule has 6 nitrogen and oxygen atoms in total. The van der Waals surface area contributed by atoms with Crippen LogP contribution in [0.5, 0.6) is 0 Å². The fraction of sp³-hybridized carbons (Fsp3) is 0.522. The van der Waals surface area contributed by atoms with Gasteiger partial charge in [-0.15, -0.1) is 0 Å². The maximum atomic E-state index is 13.1. The summed E-state index contributed by atoms with van der Waals surface area (Å²) in [5.41, 5.74) is 0. The van der Waals surface area contributed by atoms with E-state index in [1.807, 2.05) is 35.2 Å². The van der Waals surface area contributed by atoms with Gasteiger partial charge in [-0.1, -0.05) is 37.3 Å². The van der Waals surface area contributed by atoms with Gasteiger partial charge in [-0.05, 0) is 61.8 Å². The largest absolute Gasteiger partial charge is 0.340 e. The molecule has 0 saturated carbocycles. The van der Waals surface area contributed by atoms with Crippen molar-refractivity contribution in [1.29, 1.82) is 0 Å². The molecule has 2 fully saturated rings. The molecule has 2 aromatic rings. The van der Waals surface area contributed by atoms with E-state index in [0.717, 1.165) is 49.7 Å². The molecule has 2 aromatic carbocycles. The number of piperidine rings is 1. The van der Waals surface area contributed by atoms with Crippen molar-refractivity contribution in [2.24, 2.45) is 5.92 Å². The number of nitrogens with zero attached hydrogens (tertiary/aromatic N) is 3. The molecule has 162 valence electrons. The molecule has 0 aliphatic carbocycles. The van der Waals surface area contributed by atoms with Crippen LogP contribution >= 0.6 is 0 Å². The van der Waals surface area contributed by atoms with Gasteiger partial charge in [0, 0.05) is 32.1 Å². The lowest BCUT2D eigenvalue weighted by Gasteiger charge is -2.38. The third kappa shape index (κ3) is 4.38. The van der Waals surface area contributed by atoms with Crippen LogP contribution in [0.1, 0.15) is 26.2 Å². The zero-order chi connectivity index (χ0) is 21.1. The van der Waals surface area contributed by atoms with Crippen molar-refractivity contribution in [3.63, 3.8) is 0 Å². The smallest absolute Gasteiger partial charge is 0.243 e. The summed E-state index contributed by atoms with van der Waals surface area (Å²) in [5, 5.41) is 1.94. The second kappa shape index (κ2) is 9.04. The van der Waals surface area contributed by atoms with Gasteiger partial charge in [0.1, 0.15) is 0 Å². The summed E-state index contributed by atoms with van der Waals surface area (Å²) < 4.78 is 27.8. The van der Waals surface area contributed by atoms with Crippen LogP contribution in [0, 0.1) is 5.92 Å². The van der Waals surface area contributed by atoms with E-state index in [2.05, 4.69) is 11.8 Å². The second-order valence-corrected chi connectivity index (χ2v) is 10.3. The number of piperazine rings is 1. The van der Waals surface area contributed by atoms with E-state index < -0.39 is 10.0 Å². The van der Waals surface area contributed by atoms with Crippen LogP contribution in [-0.4, -0.2) is 74.2 Å². The molecule has 0 unspecified atom stereocenters. The minimum Gasteiger partial charge on any atom is -0.340 e. The monoisotopic (exact) mass is 429 g/mol. The van der Waals surface area contributed by atoms with Crippen molar-refractivity contribution >= 4 is 26.7 Å².